The van der Waals surface area contributed by atoms with E-state index in [1.54, 1.807) is 7.11 Å². The zero-order valence-corrected chi connectivity index (χ0v) is 14.1. The van der Waals surface area contributed by atoms with Crippen LogP contribution in [-0.4, -0.2) is 34.8 Å². The molecule has 0 amide bonds. The maximum atomic E-state index is 10.3. The lowest BCUT2D eigenvalue weighted by atomic mass is 10.0. The van der Waals surface area contributed by atoms with Crippen LogP contribution < -0.4 is 9.64 Å². The van der Waals surface area contributed by atoms with Gasteiger partial charge in [-0.05, 0) is 43.9 Å². The molecule has 0 spiro atoms. The van der Waals surface area contributed by atoms with Crippen molar-refractivity contribution in [3.8, 4) is 5.75 Å². The second-order valence-corrected chi connectivity index (χ2v) is 6.83. The topological polar surface area (TPSA) is 58.5 Å². The maximum Gasteiger partial charge on any atom is 0.134 e. The Bertz CT molecular complexity index is 745. The molecule has 2 heterocycles. The van der Waals surface area contributed by atoms with Gasteiger partial charge in [-0.15, -0.1) is 0 Å². The van der Waals surface area contributed by atoms with Crippen molar-refractivity contribution in [1.82, 2.24) is 9.97 Å². The number of methoxy groups -OCH3 is 1. The van der Waals surface area contributed by atoms with Crippen molar-refractivity contribution >= 4 is 5.82 Å². The van der Waals surface area contributed by atoms with Gasteiger partial charge in [0.1, 0.15) is 17.4 Å². The Morgan fingerprint density at radius 3 is 2.79 bits per heavy atom. The van der Waals surface area contributed by atoms with Gasteiger partial charge in [-0.1, -0.05) is 12.1 Å². The molecule has 2 fully saturated rings. The average Bonchev–Trinajstić information content (AvgIpc) is 3.36. The standard InChI is InChI=1S/C19H23N3O2/c1-12-8-18(21-19(20-12)13-6-7-13)22-11-15(23)10-17(22)14-4-3-5-16(9-14)24-2/h3-5,8-9,13,15,17,23H,6-7,10-11H2,1-2H3/t15-,17-/m0/s1. The average molecular weight is 325 g/mol. The number of aryl methyl sites for hydroxylation is 1. The first-order chi connectivity index (χ1) is 11.6. The van der Waals surface area contributed by atoms with Crippen molar-refractivity contribution < 1.29 is 9.84 Å². The predicted molar refractivity (Wildman–Crippen MR) is 92.4 cm³/mol. The number of benzene rings is 1. The van der Waals surface area contributed by atoms with Crippen LogP contribution in [0.3, 0.4) is 0 Å². The summed E-state index contributed by atoms with van der Waals surface area (Å²) in [7, 11) is 1.68. The highest BCUT2D eigenvalue weighted by Crippen LogP contribution is 2.41. The largest absolute Gasteiger partial charge is 0.497 e. The molecular formula is C19H23N3O2. The van der Waals surface area contributed by atoms with Gasteiger partial charge in [0.05, 0.1) is 19.3 Å². The van der Waals surface area contributed by atoms with Crippen LogP contribution in [-0.2, 0) is 0 Å². The highest BCUT2D eigenvalue weighted by atomic mass is 16.5. The zero-order valence-electron chi connectivity index (χ0n) is 14.1. The van der Waals surface area contributed by atoms with Crippen molar-refractivity contribution in [2.45, 2.75) is 44.2 Å². The first-order valence-electron chi connectivity index (χ1n) is 8.58. The van der Waals surface area contributed by atoms with Crippen molar-refractivity contribution in [2.24, 2.45) is 0 Å². The molecule has 1 aliphatic heterocycles. The summed E-state index contributed by atoms with van der Waals surface area (Å²) in [5.74, 6) is 3.24. The van der Waals surface area contributed by atoms with Crippen LogP contribution in [0, 0.1) is 6.92 Å². The maximum absolute atomic E-state index is 10.3. The third-order valence-electron chi connectivity index (χ3n) is 4.85. The van der Waals surface area contributed by atoms with E-state index < -0.39 is 0 Å². The van der Waals surface area contributed by atoms with E-state index in [-0.39, 0.29) is 12.1 Å². The molecule has 4 rings (SSSR count). The Kier molecular flexibility index (Phi) is 3.88. The number of anilines is 1. The van der Waals surface area contributed by atoms with Gasteiger partial charge in [0.2, 0.25) is 0 Å². The molecule has 2 aromatic rings. The molecule has 2 atom stereocenters. The van der Waals surface area contributed by atoms with Gasteiger partial charge in [-0.25, -0.2) is 9.97 Å². The molecule has 24 heavy (non-hydrogen) atoms. The summed E-state index contributed by atoms with van der Waals surface area (Å²) in [5, 5.41) is 10.3. The molecule has 2 aliphatic rings. The van der Waals surface area contributed by atoms with Gasteiger partial charge in [0.15, 0.2) is 0 Å². The van der Waals surface area contributed by atoms with Crippen LogP contribution in [0.5, 0.6) is 5.75 Å². The molecule has 126 valence electrons. The molecule has 0 radical (unpaired) electrons. The Hall–Kier alpha value is -2.14. The van der Waals surface area contributed by atoms with Crippen molar-refractivity contribution in [2.75, 3.05) is 18.6 Å². The summed E-state index contributed by atoms with van der Waals surface area (Å²) in [4.78, 5) is 11.6. The van der Waals surface area contributed by atoms with E-state index >= 15 is 0 Å². The summed E-state index contributed by atoms with van der Waals surface area (Å²) in [6.45, 7) is 2.62. The SMILES string of the molecule is COc1cccc([C@@H]2C[C@H](O)CN2c2cc(C)nc(C3CC3)n2)c1. The minimum absolute atomic E-state index is 0.108. The van der Waals surface area contributed by atoms with Gasteiger partial charge in [0, 0.05) is 24.2 Å². The third kappa shape index (κ3) is 2.96. The Balaban J connectivity index is 1.70. The molecule has 1 aliphatic carbocycles. The third-order valence-corrected chi connectivity index (χ3v) is 4.85. The molecule has 1 aromatic carbocycles. The number of aliphatic hydroxyl groups is 1. The van der Waals surface area contributed by atoms with Gasteiger partial charge < -0.3 is 14.7 Å². The second kappa shape index (κ2) is 6.06. The lowest BCUT2D eigenvalue weighted by Crippen LogP contribution is -2.26. The minimum atomic E-state index is -0.346. The second-order valence-electron chi connectivity index (χ2n) is 6.83. The van der Waals surface area contributed by atoms with Gasteiger partial charge in [-0.3, -0.25) is 0 Å². The fraction of sp³-hybridized carbons (Fsp3) is 0.474. The fourth-order valence-electron chi connectivity index (χ4n) is 3.48. The van der Waals surface area contributed by atoms with Crippen molar-refractivity contribution in [1.29, 1.82) is 0 Å². The number of aliphatic hydroxyl groups excluding tert-OH is 1. The Morgan fingerprint density at radius 2 is 2.04 bits per heavy atom. The fourth-order valence-corrected chi connectivity index (χ4v) is 3.48. The summed E-state index contributed by atoms with van der Waals surface area (Å²) in [6.07, 6.45) is 2.73. The minimum Gasteiger partial charge on any atom is -0.497 e. The highest BCUT2D eigenvalue weighted by molar-refractivity contribution is 5.47. The molecule has 0 unspecified atom stereocenters. The van der Waals surface area contributed by atoms with E-state index in [0.717, 1.165) is 28.6 Å². The normalized spacial score (nSPS) is 23.5. The molecular weight excluding hydrogens is 302 g/mol. The quantitative estimate of drug-likeness (QED) is 0.936. The van der Waals surface area contributed by atoms with Crippen LogP contribution in [0.15, 0.2) is 30.3 Å². The van der Waals surface area contributed by atoms with Crippen LogP contribution in [0.1, 0.15) is 48.3 Å². The number of ether oxygens (including phenoxy) is 1. The lowest BCUT2D eigenvalue weighted by Gasteiger charge is -2.26. The van der Waals surface area contributed by atoms with Crippen molar-refractivity contribution in [3.05, 3.63) is 47.4 Å². The van der Waals surface area contributed by atoms with E-state index in [1.165, 1.54) is 12.8 Å². The Morgan fingerprint density at radius 1 is 1.21 bits per heavy atom. The van der Waals surface area contributed by atoms with Crippen LogP contribution >= 0.6 is 0 Å². The molecule has 1 aromatic heterocycles. The Labute approximate surface area is 142 Å². The van der Waals surface area contributed by atoms with Gasteiger partial charge >= 0.3 is 0 Å². The molecule has 1 saturated heterocycles. The molecule has 1 N–H and O–H groups in total. The first-order valence-corrected chi connectivity index (χ1v) is 8.58. The first kappa shape index (κ1) is 15.4. The van der Waals surface area contributed by atoms with E-state index in [9.17, 15) is 5.11 Å². The van der Waals surface area contributed by atoms with E-state index in [4.69, 9.17) is 9.72 Å². The molecule has 1 saturated carbocycles. The summed E-state index contributed by atoms with van der Waals surface area (Å²) < 4.78 is 5.35. The van der Waals surface area contributed by atoms with Gasteiger partial charge in [0.25, 0.3) is 0 Å². The van der Waals surface area contributed by atoms with Crippen LogP contribution in [0.25, 0.3) is 0 Å². The summed E-state index contributed by atoms with van der Waals surface area (Å²) in [5.41, 5.74) is 2.14. The van der Waals surface area contributed by atoms with E-state index in [0.29, 0.717) is 18.9 Å². The molecule has 5 heteroatoms. The number of hydrogen-bond acceptors (Lipinski definition) is 5. The number of β-amino-alcohol motifs (C(OH)–C–C–N with tert-alkyl or cyclic N) is 1. The van der Waals surface area contributed by atoms with Crippen molar-refractivity contribution in [3.63, 3.8) is 0 Å². The molecule has 0 bridgehead atoms. The predicted octanol–water partition coefficient (Wildman–Crippen LogP) is 2.98. The summed E-state index contributed by atoms with van der Waals surface area (Å²) >= 11 is 0. The van der Waals surface area contributed by atoms with E-state index in [1.807, 2.05) is 31.2 Å². The number of aromatic nitrogens is 2. The zero-order chi connectivity index (χ0) is 16.7. The lowest BCUT2D eigenvalue weighted by molar-refractivity contribution is 0.194. The van der Waals surface area contributed by atoms with Crippen LogP contribution in [0.4, 0.5) is 5.82 Å². The summed E-state index contributed by atoms with van der Waals surface area (Å²) in [6, 6.07) is 10.2. The van der Waals surface area contributed by atoms with Gasteiger partial charge in [-0.2, -0.15) is 0 Å². The monoisotopic (exact) mass is 325 g/mol. The number of nitrogens with zero attached hydrogens (tertiary/aromatic N) is 3. The number of hydrogen-bond donors (Lipinski definition) is 1. The molecule has 5 nitrogen and oxygen atoms in total. The smallest absolute Gasteiger partial charge is 0.134 e. The highest BCUT2D eigenvalue weighted by Gasteiger charge is 2.34. The van der Waals surface area contributed by atoms with E-state index in [2.05, 4.69) is 16.0 Å². The number of rotatable bonds is 4. The van der Waals surface area contributed by atoms with Crippen LogP contribution in [0.2, 0.25) is 0 Å².